The molecule has 0 saturated heterocycles. The van der Waals surface area contributed by atoms with Crippen LogP contribution >= 0.6 is 0 Å². The summed E-state index contributed by atoms with van der Waals surface area (Å²) in [4.78, 5) is 19.9. The molecule has 0 atom stereocenters. The molecule has 152 valence electrons. The summed E-state index contributed by atoms with van der Waals surface area (Å²) in [7, 11) is 1.79. The molecule has 0 aliphatic rings. The number of aryl methyl sites for hydroxylation is 1. The molecule has 1 aromatic carbocycles. The minimum Gasteiger partial charge on any atom is -0.293 e. The quantitative estimate of drug-likeness (QED) is 0.452. The molecule has 0 bridgehead atoms. The van der Waals surface area contributed by atoms with Gasteiger partial charge in [0.15, 0.2) is 5.78 Å². The number of alkyl halides is 3. The number of Topliss-reactive ketones (excluding diaryl/α,β-unsaturated/α-hetero) is 1. The maximum absolute atomic E-state index is 13.3. The first kappa shape index (κ1) is 19.8. The average molecular weight is 410 g/mol. The van der Waals surface area contributed by atoms with E-state index in [1.165, 1.54) is 19.1 Å². The minimum absolute atomic E-state index is 0.0484. The predicted molar refractivity (Wildman–Crippen MR) is 106 cm³/mol. The van der Waals surface area contributed by atoms with Crippen LogP contribution in [0.1, 0.15) is 34.2 Å². The molecule has 0 unspecified atom stereocenters. The average Bonchev–Trinajstić information content (AvgIpc) is 3.12. The van der Waals surface area contributed by atoms with Crippen molar-refractivity contribution in [1.82, 2.24) is 19.7 Å². The Balaban J connectivity index is 1.83. The van der Waals surface area contributed by atoms with Crippen LogP contribution in [0.3, 0.4) is 0 Å². The standard InChI is InChI=1S/C22H17F3N4O/c1-13(30)19-10-18(16-11-27-29(2)12-16)17-6-5-14(9-20(17)28-19)8-15-4-3-7-26-21(15)22(23,24)25/h3-7,9-12H,8H2,1-2H3. The zero-order chi connectivity index (χ0) is 21.5. The van der Waals surface area contributed by atoms with E-state index in [0.717, 1.165) is 22.7 Å². The van der Waals surface area contributed by atoms with E-state index in [1.807, 2.05) is 12.3 Å². The summed E-state index contributed by atoms with van der Waals surface area (Å²) >= 11 is 0. The number of carbonyl (C=O) groups is 1. The van der Waals surface area contributed by atoms with E-state index < -0.39 is 11.9 Å². The zero-order valence-corrected chi connectivity index (χ0v) is 16.2. The van der Waals surface area contributed by atoms with Gasteiger partial charge in [-0.2, -0.15) is 18.3 Å². The third kappa shape index (κ3) is 3.80. The first-order valence-corrected chi connectivity index (χ1v) is 9.17. The fraction of sp³-hybridized carbons (Fsp3) is 0.182. The molecule has 0 spiro atoms. The van der Waals surface area contributed by atoms with Crippen LogP contribution in [-0.2, 0) is 19.6 Å². The van der Waals surface area contributed by atoms with Gasteiger partial charge >= 0.3 is 6.18 Å². The Hall–Kier alpha value is -3.55. The van der Waals surface area contributed by atoms with Gasteiger partial charge in [0, 0.05) is 37.3 Å². The lowest BCUT2D eigenvalue weighted by Gasteiger charge is -2.12. The Morgan fingerprint density at radius 1 is 1.17 bits per heavy atom. The van der Waals surface area contributed by atoms with Crippen molar-refractivity contribution in [1.29, 1.82) is 0 Å². The molecule has 0 aliphatic carbocycles. The molecular weight excluding hydrogens is 393 g/mol. The molecule has 0 aliphatic heterocycles. The highest BCUT2D eigenvalue weighted by Gasteiger charge is 2.34. The minimum atomic E-state index is -4.53. The van der Waals surface area contributed by atoms with Crippen LogP contribution < -0.4 is 0 Å². The van der Waals surface area contributed by atoms with E-state index >= 15 is 0 Å². The predicted octanol–water partition coefficient (Wildman–Crippen LogP) is 4.84. The lowest BCUT2D eigenvalue weighted by molar-refractivity contribution is -0.141. The summed E-state index contributed by atoms with van der Waals surface area (Å²) in [5.41, 5.74) is 2.28. The summed E-state index contributed by atoms with van der Waals surface area (Å²) in [6.07, 6.45) is 0.178. The molecule has 0 N–H and O–H groups in total. The van der Waals surface area contributed by atoms with Gasteiger partial charge in [-0.25, -0.2) is 4.98 Å². The second-order valence-corrected chi connectivity index (χ2v) is 7.05. The van der Waals surface area contributed by atoms with Gasteiger partial charge in [-0.3, -0.25) is 14.5 Å². The highest BCUT2D eigenvalue weighted by Crippen LogP contribution is 2.33. The van der Waals surface area contributed by atoms with E-state index in [-0.39, 0.29) is 23.5 Å². The zero-order valence-electron chi connectivity index (χ0n) is 16.2. The van der Waals surface area contributed by atoms with Crippen molar-refractivity contribution in [2.75, 3.05) is 0 Å². The van der Waals surface area contributed by atoms with Gasteiger partial charge in [-0.05, 0) is 41.3 Å². The molecule has 4 rings (SSSR count). The van der Waals surface area contributed by atoms with E-state index in [0.29, 0.717) is 11.1 Å². The van der Waals surface area contributed by atoms with Crippen LogP contribution in [0.5, 0.6) is 0 Å². The topological polar surface area (TPSA) is 60.7 Å². The van der Waals surface area contributed by atoms with Gasteiger partial charge in [0.05, 0.1) is 11.7 Å². The van der Waals surface area contributed by atoms with Crippen LogP contribution in [0.15, 0.2) is 55.0 Å². The summed E-state index contributed by atoms with van der Waals surface area (Å²) in [6, 6.07) is 9.91. The van der Waals surface area contributed by atoms with Crippen LogP contribution in [0.4, 0.5) is 13.2 Å². The largest absolute Gasteiger partial charge is 0.433 e. The highest BCUT2D eigenvalue weighted by atomic mass is 19.4. The van der Waals surface area contributed by atoms with E-state index in [9.17, 15) is 18.0 Å². The molecule has 0 fully saturated rings. The molecule has 0 saturated carbocycles. The molecule has 5 nitrogen and oxygen atoms in total. The van der Waals surface area contributed by atoms with E-state index in [1.54, 1.807) is 36.1 Å². The lowest BCUT2D eigenvalue weighted by atomic mass is 9.97. The monoisotopic (exact) mass is 410 g/mol. The maximum Gasteiger partial charge on any atom is 0.433 e. The van der Waals surface area contributed by atoms with Crippen LogP contribution in [0.2, 0.25) is 0 Å². The number of hydrogen-bond donors (Lipinski definition) is 0. The SMILES string of the molecule is CC(=O)c1cc(-c2cnn(C)c2)c2ccc(Cc3cccnc3C(F)(F)F)cc2n1. The smallest absolute Gasteiger partial charge is 0.293 e. The maximum atomic E-state index is 13.3. The fourth-order valence-corrected chi connectivity index (χ4v) is 3.42. The molecule has 3 heterocycles. The fourth-order valence-electron chi connectivity index (χ4n) is 3.42. The van der Waals surface area contributed by atoms with Crippen LogP contribution in [0, 0.1) is 0 Å². The van der Waals surface area contributed by atoms with Crippen molar-refractivity contribution < 1.29 is 18.0 Å². The van der Waals surface area contributed by atoms with Gasteiger partial charge < -0.3 is 0 Å². The van der Waals surface area contributed by atoms with Crippen molar-refractivity contribution in [2.24, 2.45) is 7.05 Å². The summed E-state index contributed by atoms with van der Waals surface area (Å²) in [5, 5.41) is 4.97. The Labute approximate surface area is 170 Å². The first-order chi connectivity index (χ1) is 14.2. The second-order valence-electron chi connectivity index (χ2n) is 7.05. The van der Waals surface area contributed by atoms with Crippen LogP contribution in [0.25, 0.3) is 22.0 Å². The normalized spacial score (nSPS) is 11.8. The number of pyridine rings is 2. The molecule has 0 amide bonds. The summed E-state index contributed by atoms with van der Waals surface area (Å²) in [5.74, 6) is -0.195. The number of ketones is 1. The van der Waals surface area contributed by atoms with E-state index in [4.69, 9.17) is 0 Å². The van der Waals surface area contributed by atoms with Gasteiger partial charge in [-0.15, -0.1) is 0 Å². The number of nitrogens with zero attached hydrogens (tertiary/aromatic N) is 4. The first-order valence-electron chi connectivity index (χ1n) is 9.17. The number of aromatic nitrogens is 4. The number of halogens is 3. The molecule has 0 radical (unpaired) electrons. The van der Waals surface area contributed by atoms with Crippen molar-refractivity contribution in [3.05, 3.63) is 77.5 Å². The van der Waals surface area contributed by atoms with Crippen molar-refractivity contribution in [2.45, 2.75) is 19.5 Å². The number of benzene rings is 1. The lowest BCUT2D eigenvalue weighted by Crippen LogP contribution is -2.12. The van der Waals surface area contributed by atoms with Gasteiger partial charge in [0.2, 0.25) is 0 Å². The molecular formula is C22H17F3N4O. The Morgan fingerprint density at radius 3 is 2.63 bits per heavy atom. The van der Waals surface area contributed by atoms with Crippen molar-refractivity contribution in [3.8, 4) is 11.1 Å². The Morgan fingerprint density at radius 2 is 1.97 bits per heavy atom. The molecule has 3 aromatic heterocycles. The number of rotatable bonds is 4. The highest BCUT2D eigenvalue weighted by molar-refractivity contribution is 6.01. The summed E-state index contributed by atoms with van der Waals surface area (Å²) in [6.45, 7) is 1.43. The third-order valence-electron chi connectivity index (χ3n) is 4.81. The number of carbonyl (C=O) groups excluding carboxylic acids is 1. The van der Waals surface area contributed by atoms with Gasteiger partial charge in [0.1, 0.15) is 11.4 Å². The van der Waals surface area contributed by atoms with E-state index in [2.05, 4.69) is 15.1 Å². The van der Waals surface area contributed by atoms with Crippen molar-refractivity contribution in [3.63, 3.8) is 0 Å². The Bertz CT molecular complexity index is 1260. The second kappa shape index (κ2) is 7.37. The third-order valence-corrected chi connectivity index (χ3v) is 4.81. The van der Waals surface area contributed by atoms with Crippen molar-refractivity contribution >= 4 is 16.7 Å². The number of fused-ring (bicyclic) bond motifs is 1. The van der Waals surface area contributed by atoms with Gasteiger partial charge in [0.25, 0.3) is 0 Å². The van der Waals surface area contributed by atoms with Gasteiger partial charge in [-0.1, -0.05) is 18.2 Å². The molecule has 4 aromatic rings. The summed E-state index contributed by atoms with van der Waals surface area (Å²) < 4.78 is 41.5. The number of hydrogen-bond acceptors (Lipinski definition) is 4. The molecule has 30 heavy (non-hydrogen) atoms. The van der Waals surface area contributed by atoms with Crippen LogP contribution in [-0.4, -0.2) is 25.5 Å². The Kier molecular flexibility index (Phi) is 4.85. The molecule has 8 heteroatoms.